The average Bonchev–Trinajstić information content (AvgIpc) is 3.27. The number of likely N-dealkylation sites (tertiary alicyclic amines) is 1. The summed E-state index contributed by atoms with van der Waals surface area (Å²) in [6, 6.07) is 7.62. The van der Waals surface area contributed by atoms with Crippen molar-refractivity contribution in [3.63, 3.8) is 0 Å². The van der Waals surface area contributed by atoms with Gasteiger partial charge in [0.25, 0.3) is 11.8 Å². The number of nitrogens with one attached hydrogen (secondary N) is 1. The van der Waals surface area contributed by atoms with Gasteiger partial charge in [-0.05, 0) is 31.0 Å². The van der Waals surface area contributed by atoms with E-state index in [2.05, 4.69) is 15.3 Å². The van der Waals surface area contributed by atoms with Crippen LogP contribution in [0.5, 0.6) is 5.75 Å². The van der Waals surface area contributed by atoms with Crippen LogP contribution in [-0.4, -0.2) is 80.7 Å². The van der Waals surface area contributed by atoms with E-state index in [-0.39, 0.29) is 24.3 Å². The smallest absolute Gasteiger partial charge is 0.260 e. The van der Waals surface area contributed by atoms with Crippen LogP contribution in [0.4, 0.5) is 5.95 Å². The maximum absolute atomic E-state index is 12.7. The Bertz CT molecular complexity index is 950. The molecule has 3 rings (SSSR count). The van der Waals surface area contributed by atoms with Gasteiger partial charge >= 0.3 is 0 Å². The van der Waals surface area contributed by atoms with Crippen molar-refractivity contribution in [1.29, 1.82) is 0 Å². The van der Waals surface area contributed by atoms with Crippen molar-refractivity contribution in [2.24, 2.45) is 0 Å². The molecule has 2 amide bonds. The Morgan fingerprint density at radius 2 is 2.12 bits per heavy atom. The number of hydrogen-bond acceptors (Lipinski definition) is 7. The molecule has 1 aliphatic rings. The van der Waals surface area contributed by atoms with E-state index in [1.165, 1.54) is 0 Å². The molecule has 0 aliphatic carbocycles. The minimum Gasteiger partial charge on any atom is -0.484 e. The number of aromatic nitrogens is 2. The first-order valence-electron chi connectivity index (χ1n) is 10.7. The van der Waals surface area contributed by atoms with E-state index in [0.29, 0.717) is 49.2 Å². The van der Waals surface area contributed by atoms with Gasteiger partial charge in [0.05, 0.1) is 17.9 Å². The quantitative estimate of drug-likeness (QED) is 0.591. The highest BCUT2D eigenvalue weighted by atomic mass is 16.5. The van der Waals surface area contributed by atoms with Crippen LogP contribution in [0.2, 0.25) is 0 Å². The third kappa shape index (κ3) is 5.94. The lowest BCUT2D eigenvalue weighted by molar-refractivity contribution is -0.132. The molecular weight excluding hydrogens is 410 g/mol. The number of hydrogen-bond donors (Lipinski definition) is 1. The molecule has 0 bridgehead atoms. The lowest BCUT2D eigenvalue weighted by Gasteiger charge is -2.19. The monoisotopic (exact) mass is 441 g/mol. The topological polar surface area (TPSA) is 96.9 Å². The fourth-order valence-corrected chi connectivity index (χ4v) is 3.60. The number of methoxy groups -OCH3 is 1. The van der Waals surface area contributed by atoms with Crippen LogP contribution in [0.25, 0.3) is 0 Å². The van der Waals surface area contributed by atoms with Gasteiger partial charge in [0.2, 0.25) is 5.95 Å². The van der Waals surface area contributed by atoms with Crippen LogP contribution >= 0.6 is 0 Å². The molecule has 1 aliphatic heterocycles. The fourth-order valence-electron chi connectivity index (χ4n) is 3.60. The zero-order chi connectivity index (χ0) is 23.1. The Morgan fingerprint density at radius 3 is 2.84 bits per heavy atom. The normalized spacial score (nSPS) is 15.5. The van der Waals surface area contributed by atoms with E-state index < -0.39 is 0 Å². The van der Waals surface area contributed by atoms with Crippen molar-refractivity contribution >= 4 is 17.8 Å². The minimum atomic E-state index is -0.241. The molecule has 0 saturated carbocycles. The fraction of sp³-hybridized carbons (Fsp3) is 0.478. The summed E-state index contributed by atoms with van der Waals surface area (Å²) >= 11 is 0. The highest BCUT2D eigenvalue weighted by molar-refractivity contribution is 5.95. The molecule has 1 fully saturated rings. The van der Waals surface area contributed by atoms with Crippen molar-refractivity contribution in [2.75, 3.05) is 59.0 Å². The first-order chi connectivity index (χ1) is 15.4. The predicted octanol–water partition coefficient (Wildman–Crippen LogP) is 1.62. The van der Waals surface area contributed by atoms with Crippen molar-refractivity contribution < 1.29 is 19.1 Å². The van der Waals surface area contributed by atoms with Crippen molar-refractivity contribution in [3.8, 4) is 5.75 Å². The first-order valence-corrected chi connectivity index (χ1v) is 10.7. The van der Waals surface area contributed by atoms with Crippen LogP contribution in [0.3, 0.4) is 0 Å². The van der Waals surface area contributed by atoms with Crippen LogP contribution in [0.15, 0.2) is 30.5 Å². The first kappa shape index (κ1) is 23.5. The molecule has 9 heteroatoms. The van der Waals surface area contributed by atoms with E-state index in [0.717, 1.165) is 12.0 Å². The maximum Gasteiger partial charge on any atom is 0.260 e. The second kappa shape index (κ2) is 10.9. The number of carbonyl (C=O) groups is 2. The van der Waals surface area contributed by atoms with E-state index in [9.17, 15) is 9.59 Å². The third-order valence-corrected chi connectivity index (χ3v) is 5.32. The van der Waals surface area contributed by atoms with Gasteiger partial charge in [-0.15, -0.1) is 0 Å². The van der Waals surface area contributed by atoms with Gasteiger partial charge in [0, 0.05) is 53.0 Å². The lowest BCUT2D eigenvalue weighted by atomic mass is 10.00. The Morgan fingerprint density at radius 1 is 1.31 bits per heavy atom. The standard InChI is InChI=1S/C23H31N5O4/c1-16-6-5-7-18(12-16)32-15-20(29)28-10-8-17(14-28)21-19(22(30)24-9-11-31-4)13-25-23(26-21)27(2)3/h5-7,12-13,17H,8-11,14-15H2,1-4H3,(H,24,30). The minimum absolute atomic E-state index is 0.0206. The van der Waals surface area contributed by atoms with Crippen molar-refractivity contribution in [2.45, 2.75) is 19.3 Å². The van der Waals surface area contributed by atoms with Gasteiger partial charge in [-0.2, -0.15) is 0 Å². The lowest BCUT2D eigenvalue weighted by Crippen LogP contribution is -2.33. The maximum atomic E-state index is 12.7. The number of aryl methyl sites for hydroxylation is 1. The van der Waals surface area contributed by atoms with Crippen molar-refractivity contribution in [1.82, 2.24) is 20.2 Å². The molecule has 2 heterocycles. The molecule has 1 atom stereocenters. The molecule has 2 aromatic rings. The van der Waals surface area contributed by atoms with Gasteiger partial charge in [-0.25, -0.2) is 9.97 Å². The largest absolute Gasteiger partial charge is 0.484 e. The summed E-state index contributed by atoms with van der Waals surface area (Å²) < 4.78 is 10.7. The molecular formula is C23H31N5O4. The Labute approximate surface area is 188 Å². The number of ether oxygens (including phenoxy) is 2. The SMILES string of the molecule is COCCNC(=O)c1cnc(N(C)C)nc1C1CCN(C(=O)COc2cccc(C)c2)C1. The van der Waals surface area contributed by atoms with Gasteiger partial charge in [0.1, 0.15) is 5.75 Å². The highest BCUT2D eigenvalue weighted by Gasteiger charge is 2.32. The summed E-state index contributed by atoms with van der Waals surface area (Å²) in [5.74, 6) is 0.830. The van der Waals surface area contributed by atoms with Crippen LogP contribution in [0.1, 0.15) is 34.0 Å². The summed E-state index contributed by atoms with van der Waals surface area (Å²) in [7, 11) is 5.29. The van der Waals surface area contributed by atoms with E-state index in [4.69, 9.17) is 9.47 Å². The molecule has 1 aromatic heterocycles. The number of amides is 2. The molecule has 0 spiro atoms. The number of anilines is 1. The van der Waals surface area contributed by atoms with E-state index in [1.54, 1.807) is 23.1 Å². The average molecular weight is 442 g/mol. The Hall–Kier alpha value is -3.20. The Balaban J connectivity index is 1.69. The predicted molar refractivity (Wildman–Crippen MR) is 121 cm³/mol. The molecule has 1 unspecified atom stereocenters. The molecule has 1 saturated heterocycles. The summed E-state index contributed by atoms with van der Waals surface area (Å²) in [5, 5.41) is 2.83. The Kier molecular flexibility index (Phi) is 7.99. The summed E-state index contributed by atoms with van der Waals surface area (Å²) in [5.41, 5.74) is 2.17. The molecule has 0 radical (unpaired) electrons. The van der Waals surface area contributed by atoms with Gasteiger partial charge in [-0.1, -0.05) is 12.1 Å². The van der Waals surface area contributed by atoms with Crippen LogP contribution < -0.4 is 15.0 Å². The molecule has 172 valence electrons. The molecule has 1 aromatic carbocycles. The zero-order valence-corrected chi connectivity index (χ0v) is 19.1. The molecule has 1 N–H and O–H groups in total. The van der Waals surface area contributed by atoms with Gasteiger partial charge in [-0.3, -0.25) is 9.59 Å². The van der Waals surface area contributed by atoms with E-state index >= 15 is 0 Å². The molecule has 32 heavy (non-hydrogen) atoms. The number of rotatable bonds is 9. The number of carbonyl (C=O) groups excluding carboxylic acids is 2. The number of benzene rings is 1. The van der Waals surface area contributed by atoms with Crippen molar-refractivity contribution in [3.05, 3.63) is 47.3 Å². The van der Waals surface area contributed by atoms with Gasteiger partial charge in [0.15, 0.2) is 6.61 Å². The van der Waals surface area contributed by atoms with Crippen LogP contribution in [0, 0.1) is 6.92 Å². The molecule has 9 nitrogen and oxygen atoms in total. The summed E-state index contributed by atoms with van der Waals surface area (Å²) in [4.78, 5) is 38.0. The second-order valence-electron chi connectivity index (χ2n) is 8.04. The second-order valence-corrected chi connectivity index (χ2v) is 8.04. The summed E-state index contributed by atoms with van der Waals surface area (Å²) in [6.45, 7) is 3.85. The van der Waals surface area contributed by atoms with E-state index in [1.807, 2.05) is 45.3 Å². The zero-order valence-electron chi connectivity index (χ0n) is 19.1. The summed E-state index contributed by atoms with van der Waals surface area (Å²) in [6.07, 6.45) is 2.28. The van der Waals surface area contributed by atoms with Crippen LogP contribution in [-0.2, 0) is 9.53 Å². The third-order valence-electron chi connectivity index (χ3n) is 5.32. The van der Waals surface area contributed by atoms with Gasteiger partial charge < -0.3 is 24.6 Å². The number of nitrogens with zero attached hydrogens (tertiary/aromatic N) is 4. The highest BCUT2D eigenvalue weighted by Crippen LogP contribution is 2.29.